The van der Waals surface area contributed by atoms with Crippen LogP contribution in [0, 0.1) is 5.82 Å². The van der Waals surface area contributed by atoms with Crippen LogP contribution in [0.5, 0.6) is 11.5 Å². The highest BCUT2D eigenvalue weighted by Crippen LogP contribution is 2.30. The van der Waals surface area contributed by atoms with Gasteiger partial charge in [-0.25, -0.2) is 4.39 Å². The molecule has 2 aromatic carbocycles. The van der Waals surface area contributed by atoms with Gasteiger partial charge in [0.1, 0.15) is 18.0 Å². The van der Waals surface area contributed by atoms with Crippen LogP contribution in [-0.4, -0.2) is 36.0 Å². The Bertz CT molecular complexity index is 973. The molecule has 0 bridgehead atoms. The first-order valence-electron chi connectivity index (χ1n) is 8.29. The second-order valence-electron chi connectivity index (χ2n) is 6.01. The largest absolute Gasteiger partial charge is 0.493 e. The third kappa shape index (κ3) is 4.17. The summed E-state index contributed by atoms with van der Waals surface area (Å²) >= 11 is 4.92. The number of nitrogens with zero attached hydrogens (tertiary/aromatic N) is 1. The first kappa shape index (κ1) is 19.5. The number of carbonyl (C=O) groups is 2. The Morgan fingerprint density at radius 1 is 1.14 bits per heavy atom. The molecular formula is C20H17FN2O4S. The van der Waals surface area contributed by atoms with Crippen molar-refractivity contribution < 1.29 is 23.5 Å². The normalized spacial score (nSPS) is 15.6. The predicted molar refractivity (Wildman–Crippen MR) is 105 cm³/mol. The van der Waals surface area contributed by atoms with Crippen molar-refractivity contribution in [3.63, 3.8) is 0 Å². The van der Waals surface area contributed by atoms with E-state index >= 15 is 0 Å². The van der Waals surface area contributed by atoms with Crippen molar-refractivity contribution in [1.29, 1.82) is 0 Å². The molecule has 28 heavy (non-hydrogen) atoms. The Balaban J connectivity index is 1.81. The summed E-state index contributed by atoms with van der Waals surface area (Å²) in [6, 6.07) is 11.0. The van der Waals surface area contributed by atoms with Gasteiger partial charge in [-0.1, -0.05) is 18.2 Å². The number of amides is 2. The average Bonchev–Trinajstić information content (AvgIpc) is 2.69. The number of methoxy groups -OCH3 is 1. The van der Waals surface area contributed by atoms with Gasteiger partial charge in [-0.05, 0) is 53.7 Å². The Hall–Kier alpha value is -3.26. The molecule has 1 fully saturated rings. The summed E-state index contributed by atoms with van der Waals surface area (Å²) in [4.78, 5) is 25.5. The molecule has 0 saturated carbocycles. The van der Waals surface area contributed by atoms with E-state index in [1.165, 1.54) is 37.3 Å². The second kappa shape index (κ2) is 8.18. The number of halogens is 1. The molecule has 8 heteroatoms. The maximum atomic E-state index is 13.0. The van der Waals surface area contributed by atoms with Gasteiger partial charge in [-0.15, -0.1) is 0 Å². The van der Waals surface area contributed by atoms with Crippen LogP contribution >= 0.6 is 12.2 Å². The van der Waals surface area contributed by atoms with Crippen LogP contribution in [0.15, 0.2) is 48.0 Å². The van der Waals surface area contributed by atoms with Gasteiger partial charge in [0.15, 0.2) is 16.6 Å². The van der Waals surface area contributed by atoms with Crippen LogP contribution in [0.2, 0.25) is 0 Å². The van der Waals surface area contributed by atoms with E-state index in [2.05, 4.69) is 5.32 Å². The number of ether oxygens (including phenoxy) is 2. The standard InChI is InChI=1S/C20H17FN2O4S/c1-23-19(25)15(18(24)22-20(23)28)9-13-5-8-16(17(10-13)26-2)27-11-12-3-6-14(21)7-4-12/h3-10H,11H2,1-2H3,(H,22,24,28)/b15-9+. The number of rotatable bonds is 5. The van der Waals surface area contributed by atoms with Crippen LogP contribution < -0.4 is 14.8 Å². The molecule has 0 spiro atoms. The van der Waals surface area contributed by atoms with Crippen molar-refractivity contribution >= 4 is 35.2 Å². The molecule has 1 saturated heterocycles. The smallest absolute Gasteiger partial charge is 0.265 e. The van der Waals surface area contributed by atoms with Crippen LogP contribution in [-0.2, 0) is 16.2 Å². The number of thiocarbonyl (C=S) groups is 1. The van der Waals surface area contributed by atoms with Crippen LogP contribution in [0.3, 0.4) is 0 Å². The Kier molecular flexibility index (Phi) is 5.70. The summed E-state index contributed by atoms with van der Waals surface area (Å²) in [7, 11) is 2.98. The molecule has 1 N–H and O–H groups in total. The molecule has 1 aliphatic rings. The van der Waals surface area contributed by atoms with E-state index in [0.717, 1.165) is 5.56 Å². The van der Waals surface area contributed by atoms with E-state index in [9.17, 15) is 14.0 Å². The highest BCUT2D eigenvalue weighted by molar-refractivity contribution is 7.80. The van der Waals surface area contributed by atoms with E-state index in [1.54, 1.807) is 30.3 Å². The van der Waals surface area contributed by atoms with Gasteiger partial charge in [0.25, 0.3) is 11.8 Å². The van der Waals surface area contributed by atoms with Crippen molar-refractivity contribution in [2.24, 2.45) is 0 Å². The highest BCUT2D eigenvalue weighted by atomic mass is 32.1. The molecule has 144 valence electrons. The summed E-state index contributed by atoms with van der Waals surface area (Å²) in [5, 5.41) is 2.52. The lowest BCUT2D eigenvalue weighted by molar-refractivity contribution is -0.128. The second-order valence-corrected chi connectivity index (χ2v) is 6.39. The first-order chi connectivity index (χ1) is 13.4. The maximum Gasteiger partial charge on any atom is 0.265 e. The monoisotopic (exact) mass is 400 g/mol. The van der Waals surface area contributed by atoms with Crippen molar-refractivity contribution in [3.05, 3.63) is 65.0 Å². The van der Waals surface area contributed by atoms with Gasteiger partial charge >= 0.3 is 0 Å². The minimum Gasteiger partial charge on any atom is -0.493 e. The highest BCUT2D eigenvalue weighted by Gasteiger charge is 2.30. The number of hydrogen-bond donors (Lipinski definition) is 1. The predicted octanol–water partition coefficient (Wildman–Crippen LogP) is 2.67. The third-order valence-electron chi connectivity index (χ3n) is 4.11. The van der Waals surface area contributed by atoms with E-state index in [1.807, 2.05) is 0 Å². The molecule has 6 nitrogen and oxygen atoms in total. The Morgan fingerprint density at radius 3 is 2.54 bits per heavy atom. The molecule has 2 amide bonds. The maximum absolute atomic E-state index is 13.0. The molecule has 1 aliphatic heterocycles. The molecule has 0 aliphatic carbocycles. The molecule has 3 rings (SSSR count). The summed E-state index contributed by atoms with van der Waals surface area (Å²) in [5.41, 5.74) is 1.36. The zero-order valence-electron chi connectivity index (χ0n) is 15.2. The molecule has 0 atom stereocenters. The number of benzene rings is 2. The van der Waals surface area contributed by atoms with Gasteiger partial charge in [0, 0.05) is 7.05 Å². The van der Waals surface area contributed by atoms with Crippen molar-refractivity contribution in [2.75, 3.05) is 14.2 Å². The number of nitrogens with one attached hydrogen (secondary N) is 1. The molecule has 0 unspecified atom stereocenters. The van der Waals surface area contributed by atoms with E-state index in [4.69, 9.17) is 21.7 Å². The lowest BCUT2D eigenvalue weighted by Crippen LogP contribution is -2.52. The first-order valence-corrected chi connectivity index (χ1v) is 8.70. The van der Waals surface area contributed by atoms with Crippen molar-refractivity contribution in [1.82, 2.24) is 10.2 Å². The molecule has 0 aromatic heterocycles. The average molecular weight is 400 g/mol. The van der Waals surface area contributed by atoms with Crippen molar-refractivity contribution in [3.8, 4) is 11.5 Å². The molecule has 0 radical (unpaired) electrons. The number of carbonyl (C=O) groups excluding carboxylic acids is 2. The van der Waals surface area contributed by atoms with Crippen LogP contribution in [0.25, 0.3) is 6.08 Å². The summed E-state index contributed by atoms with van der Waals surface area (Å²) < 4.78 is 24.1. The SMILES string of the molecule is COc1cc(/C=C2\C(=O)NC(=S)N(C)C2=O)ccc1OCc1ccc(F)cc1. The molecular weight excluding hydrogens is 383 g/mol. The Labute approximate surface area is 166 Å². The minimum atomic E-state index is -0.552. The lowest BCUT2D eigenvalue weighted by atomic mass is 10.1. The topological polar surface area (TPSA) is 67.9 Å². The van der Waals surface area contributed by atoms with Gasteiger partial charge in [-0.2, -0.15) is 0 Å². The zero-order valence-corrected chi connectivity index (χ0v) is 16.0. The van der Waals surface area contributed by atoms with Gasteiger partial charge in [0.2, 0.25) is 0 Å². The fourth-order valence-electron chi connectivity index (χ4n) is 2.55. The van der Waals surface area contributed by atoms with Crippen LogP contribution in [0.1, 0.15) is 11.1 Å². The zero-order chi connectivity index (χ0) is 20.3. The van der Waals surface area contributed by atoms with Gasteiger partial charge in [0.05, 0.1) is 7.11 Å². The van der Waals surface area contributed by atoms with E-state index in [-0.39, 0.29) is 23.1 Å². The fraction of sp³-hybridized carbons (Fsp3) is 0.150. The van der Waals surface area contributed by atoms with E-state index in [0.29, 0.717) is 17.1 Å². The van der Waals surface area contributed by atoms with E-state index < -0.39 is 11.8 Å². The Morgan fingerprint density at radius 2 is 1.86 bits per heavy atom. The third-order valence-corrected chi connectivity index (χ3v) is 4.49. The summed E-state index contributed by atoms with van der Waals surface area (Å²) in [6.45, 7) is 0.236. The summed E-state index contributed by atoms with van der Waals surface area (Å²) in [6.07, 6.45) is 1.46. The number of hydrogen-bond acceptors (Lipinski definition) is 5. The van der Waals surface area contributed by atoms with Gasteiger partial charge < -0.3 is 9.47 Å². The molecule has 1 heterocycles. The van der Waals surface area contributed by atoms with Crippen LogP contribution in [0.4, 0.5) is 4.39 Å². The molecule has 2 aromatic rings. The lowest BCUT2D eigenvalue weighted by Gasteiger charge is -2.25. The minimum absolute atomic E-state index is 0.0295. The summed E-state index contributed by atoms with van der Waals surface area (Å²) in [5.74, 6) is -0.435. The fourth-order valence-corrected chi connectivity index (χ4v) is 2.72. The van der Waals surface area contributed by atoms with Crippen molar-refractivity contribution in [2.45, 2.75) is 6.61 Å². The van der Waals surface area contributed by atoms with Gasteiger partial charge in [-0.3, -0.25) is 19.8 Å². The quantitative estimate of drug-likeness (QED) is 0.475. The number of likely N-dealkylation sites (N-methyl/N-ethyl adjacent to an activating group) is 1.